The molecule has 0 amide bonds. The number of pyridine rings is 1. The van der Waals surface area contributed by atoms with E-state index in [-0.39, 0.29) is 5.43 Å². The second kappa shape index (κ2) is 2.73. The number of aromatic amines is 1. The second-order valence-electron chi connectivity index (χ2n) is 3.00. The van der Waals surface area contributed by atoms with Crippen molar-refractivity contribution in [2.75, 3.05) is 0 Å². The number of aryl methyl sites for hydroxylation is 2. The van der Waals surface area contributed by atoms with Crippen LogP contribution in [0.4, 0.5) is 0 Å². The molecule has 2 rings (SSSR count). The first-order valence-corrected chi connectivity index (χ1v) is 4.20. The van der Waals surface area contributed by atoms with Crippen molar-refractivity contribution >= 4 is 11.1 Å². The number of H-pyrrole nitrogens is 1. The molecular formula is C9H10N2O2. The third-order valence-electron chi connectivity index (χ3n) is 2.00. The number of aromatic nitrogens is 2. The summed E-state index contributed by atoms with van der Waals surface area (Å²) in [5.74, 6) is 0. The second-order valence-corrected chi connectivity index (χ2v) is 3.00. The number of rotatable bonds is 1. The Morgan fingerprint density at radius 1 is 1.62 bits per heavy atom. The minimum Gasteiger partial charge on any atom is -0.337 e. The lowest BCUT2D eigenvalue weighted by molar-refractivity contribution is 0.439. The van der Waals surface area contributed by atoms with E-state index < -0.39 is 0 Å². The number of hydrogen-bond donors (Lipinski definition) is 1. The summed E-state index contributed by atoms with van der Waals surface area (Å²) in [6, 6.07) is 1.55. The van der Waals surface area contributed by atoms with E-state index in [4.69, 9.17) is 4.52 Å². The fraction of sp³-hybridized carbons (Fsp3) is 0.333. The molecule has 0 aromatic carbocycles. The highest BCUT2D eigenvalue weighted by molar-refractivity contribution is 5.75. The molecule has 0 unspecified atom stereocenters. The van der Waals surface area contributed by atoms with Gasteiger partial charge in [0.15, 0.2) is 5.43 Å². The van der Waals surface area contributed by atoms with Crippen molar-refractivity contribution in [2.45, 2.75) is 20.3 Å². The van der Waals surface area contributed by atoms with Crippen molar-refractivity contribution in [3.8, 4) is 0 Å². The molecule has 0 fully saturated rings. The van der Waals surface area contributed by atoms with Crippen molar-refractivity contribution < 1.29 is 4.52 Å². The zero-order valence-corrected chi connectivity index (χ0v) is 7.55. The lowest BCUT2D eigenvalue weighted by Crippen LogP contribution is -2.03. The molecule has 13 heavy (non-hydrogen) atoms. The van der Waals surface area contributed by atoms with E-state index in [9.17, 15) is 4.79 Å². The molecule has 4 nitrogen and oxygen atoms in total. The van der Waals surface area contributed by atoms with Crippen LogP contribution in [-0.2, 0) is 6.42 Å². The summed E-state index contributed by atoms with van der Waals surface area (Å²) < 4.78 is 5.00. The van der Waals surface area contributed by atoms with Crippen LogP contribution in [0.3, 0.4) is 0 Å². The summed E-state index contributed by atoms with van der Waals surface area (Å²) in [4.78, 5) is 14.5. The highest BCUT2D eigenvalue weighted by Crippen LogP contribution is 2.12. The zero-order chi connectivity index (χ0) is 9.42. The number of fused-ring (bicyclic) bond motifs is 1. The van der Waals surface area contributed by atoms with Crippen LogP contribution in [0.2, 0.25) is 0 Å². The maximum atomic E-state index is 11.5. The Balaban J connectivity index is 2.90. The molecule has 2 heterocycles. The Bertz CT molecular complexity index is 496. The predicted octanol–water partition coefficient (Wildman–Crippen LogP) is 1.39. The van der Waals surface area contributed by atoms with Gasteiger partial charge in [-0.2, -0.15) is 0 Å². The molecule has 1 N–H and O–H groups in total. The molecule has 0 aliphatic rings. The number of nitrogens with zero attached hydrogens (tertiary/aromatic N) is 1. The lowest BCUT2D eigenvalue weighted by Gasteiger charge is -1.91. The molecule has 0 atom stereocenters. The van der Waals surface area contributed by atoms with Gasteiger partial charge >= 0.3 is 0 Å². The van der Waals surface area contributed by atoms with Crippen molar-refractivity contribution in [2.24, 2.45) is 0 Å². The summed E-state index contributed by atoms with van der Waals surface area (Å²) in [6.45, 7) is 3.76. The van der Waals surface area contributed by atoms with E-state index in [1.165, 1.54) is 0 Å². The first-order chi connectivity index (χ1) is 6.22. The van der Waals surface area contributed by atoms with Gasteiger partial charge in [0.25, 0.3) is 0 Å². The third kappa shape index (κ3) is 1.14. The van der Waals surface area contributed by atoms with Gasteiger partial charge in [0.1, 0.15) is 5.39 Å². The van der Waals surface area contributed by atoms with Crippen LogP contribution in [0.1, 0.15) is 18.3 Å². The van der Waals surface area contributed by atoms with Gasteiger partial charge in [0.2, 0.25) is 5.71 Å². The first kappa shape index (κ1) is 8.04. The van der Waals surface area contributed by atoms with E-state index in [0.717, 1.165) is 11.4 Å². The Labute approximate surface area is 74.6 Å². The minimum absolute atomic E-state index is 0.0237. The Hall–Kier alpha value is -1.58. The SMILES string of the molecule is CCc1noc2[nH]c(C)cc(=O)c12. The van der Waals surface area contributed by atoms with E-state index in [1.54, 1.807) is 6.07 Å². The van der Waals surface area contributed by atoms with Crippen LogP contribution >= 0.6 is 0 Å². The number of hydrogen-bond acceptors (Lipinski definition) is 3. The summed E-state index contributed by atoms with van der Waals surface area (Å²) in [5.41, 5.74) is 1.96. The van der Waals surface area contributed by atoms with Crippen LogP contribution in [0.25, 0.3) is 11.1 Å². The monoisotopic (exact) mass is 178 g/mol. The summed E-state index contributed by atoms with van der Waals surface area (Å²) in [5, 5.41) is 4.39. The molecule has 0 spiro atoms. The van der Waals surface area contributed by atoms with Crippen LogP contribution in [0, 0.1) is 6.92 Å². The van der Waals surface area contributed by atoms with Crippen molar-refractivity contribution in [3.05, 3.63) is 27.7 Å². The Morgan fingerprint density at radius 3 is 3.08 bits per heavy atom. The smallest absolute Gasteiger partial charge is 0.240 e. The minimum atomic E-state index is -0.0237. The molecule has 0 aliphatic heterocycles. The molecule has 4 heteroatoms. The van der Waals surface area contributed by atoms with Crippen LogP contribution in [0.5, 0.6) is 0 Å². The molecular weight excluding hydrogens is 168 g/mol. The highest BCUT2D eigenvalue weighted by atomic mass is 16.5. The van der Waals surface area contributed by atoms with Gasteiger partial charge in [-0.3, -0.25) is 4.79 Å². The van der Waals surface area contributed by atoms with E-state index in [0.29, 0.717) is 17.5 Å². The van der Waals surface area contributed by atoms with Crippen molar-refractivity contribution in [1.82, 2.24) is 10.1 Å². The maximum Gasteiger partial charge on any atom is 0.240 e. The van der Waals surface area contributed by atoms with Crippen LogP contribution in [0.15, 0.2) is 15.4 Å². The Kier molecular flexibility index (Phi) is 1.69. The maximum absolute atomic E-state index is 11.5. The van der Waals surface area contributed by atoms with Gasteiger partial charge < -0.3 is 9.51 Å². The number of nitrogens with one attached hydrogen (secondary N) is 1. The molecule has 2 aromatic heterocycles. The molecule has 68 valence electrons. The largest absolute Gasteiger partial charge is 0.337 e. The quantitative estimate of drug-likeness (QED) is 0.717. The van der Waals surface area contributed by atoms with E-state index >= 15 is 0 Å². The van der Waals surface area contributed by atoms with Gasteiger partial charge in [-0.15, -0.1) is 0 Å². The van der Waals surface area contributed by atoms with Crippen molar-refractivity contribution in [1.29, 1.82) is 0 Å². The zero-order valence-electron chi connectivity index (χ0n) is 7.55. The fourth-order valence-corrected chi connectivity index (χ4v) is 1.39. The van der Waals surface area contributed by atoms with Crippen molar-refractivity contribution in [3.63, 3.8) is 0 Å². The Morgan fingerprint density at radius 2 is 2.38 bits per heavy atom. The average Bonchev–Trinajstić information content (AvgIpc) is 2.47. The summed E-state index contributed by atoms with van der Waals surface area (Å²) in [7, 11) is 0. The highest BCUT2D eigenvalue weighted by Gasteiger charge is 2.10. The van der Waals surface area contributed by atoms with Crippen LogP contribution < -0.4 is 5.43 Å². The predicted molar refractivity (Wildman–Crippen MR) is 48.7 cm³/mol. The normalized spacial score (nSPS) is 10.9. The van der Waals surface area contributed by atoms with Gasteiger partial charge in [-0.25, -0.2) is 0 Å². The van der Waals surface area contributed by atoms with Crippen LogP contribution in [-0.4, -0.2) is 10.1 Å². The van der Waals surface area contributed by atoms with Gasteiger partial charge in [0.05, 0.1) is 5.69 Å². The van der Waals surface area contributed by atoms with E-state index in [2.05, 4.69) is 10.1 Å². The summed E-state index contributed by atoms with van der Waals surface area (Å²) >= 11 is 0. The molecule has 0 saturated heterocycles. The standard InChI is InChI=1S/C9H10N2O2/c1-3-6-8-7(12)4-5(2)10-9(8)13-11-6/h4H,3H2,1-2H3,(H,10,12). The third-order valence-corrected chi connectivity index (χ3v) is 2.00. The van der Waals surface area contributed by atoms with Gasteiger partial charge in [-0.05, 0) is 13.3 Å². The fourth-order valence-electron chi connectivity index (χ4n) is 1.39. The van der Waals surface area contributed by atoms with E-state index in [1.807, 2.05) is 13.8 Å². The molecule has 0 saturated carbocycles. The first-order valence-electron chi connectivity index (χ1n) is 4.20. The van der Waals surface area contributed by atoms with Gasteiger partial charge in [-0.1, -0.05) is 12.1 Å². The molecule has 0 radical (unpaired) electrons. The topological polar surface area (TPSA) is 58.9 Å². The summed E-state index contributed by atoms with van der Waals surface area (Å²) in [6.07, 6.45) is 0.707. The molecule has 0 bridgehead atoms. The van der Waals surface area contributed by atoms with Gasteiger partial charge in [0, 0.05) is 11.8 Å². The average molecular weight is 178 g/mol. The molecule has 0 aliphatic carbocycles. The lowest BCUT2D eigenvalue weighted by atomic mass is 10.2. The molecule has 2 aromatic rings.